The zero-order valence-electron chi connectivity index (χ0n) is 23.9. The molecule has 3 heteroatoms. The van der Waals surface area contributed by atoms with Gasteiger partial charge in [-0.05, 0) is 94.6 Å². The van der Waals surface area contributed by atoms with Gasteiger partial charge in [0, 0.05) is 19.3 Å². The van der Waals surface area contributed by atoms with E-state index in [0.29, 0.717) is 5.92 Å². The van der Waals surface area contributed by atoms with Gasteiger partial charge in [-0.15, -0.1) is 0 Å². The highest BCUT2D eigenvalue weighted by Gasteiger charge is 2.10. The molecule has 0 N–H and O–H groups in total. The molecule has 2 nitrogen and oxygen atoms in total. The van der Waals surface area contributed by atoms with Crippen LogP contribution < -0.4 is 0 Å². The summed E-state index contributed by atoms with van der Waals surface area (Å²) in [4.78, 5) is 2.59. The molecule has 0 amide bonds. The van der Waals surface area contributed by atoms with E-state index in [2.05, 4.69) is 83.3 Å². The Morgan fingerprint density at radius 1 is 1.08 bits per heavy atom. The number of halogens is 1. The van der Waals surface area contributed by atoms with Crippen LogP contribution in [0.2, 0.25) is 0 Å². The molecule has 1 aliphatic heterocycles. The second kappa shape index (κ2) is 27.2. The molecule has 1 saturated heterocycles. The Kier molecular flexibility index (Phi) is 27.4. The van der Waals surface area contributed by atoms with Crippen molar-refractivity contribution in [2.45, 2.75) is 80.1 Å². The highest BCUT2D eigenvalue weighted by molar-refractivity contribution is 6.31. The van der Waals surface area contributed by atoms with Crippen LogP contribution in [0.3, 0.4) is 0 Å². The first-order valence-corrected chi connectivity index (χ1v) is 14.2. The Morgan fingerprint density at radius 3 is 2.35 bits per heavy atom. The van der Waals surface area contributed by atoms with Crippen molar-refractivity contribution in [1.82, 2.24) is 4.90 Å². The van der Waals surface area contributed by atoms with E-state index < -0.39 is 0 Å². The predicted molar refractivity (Wildman–Crippen MR) is 170 cm³/mol. The molecular weight excluding hydrogens is 474 g/mol. The molecule has 2 aliphatic rings. The predicted octanol–water partition coefficient (Wildman–Crippen LogP) is 10.2. The second-order valence-corrected chi connectivity index (χ2v) is 9.28. The summed E-state index contributed by atoms with van der Waals surface area (Å²) in [7, 11) is 3.25. The molecule has 0 aromatic heterocycles. The fourth-order valence-electron chi connectivity index (χ4n) is 3.98. The maximum Gasteiger partial charge on any atom is 0.0362 e. The average molecular weight is 530 g/mol. The van der Waals surface area contributed by atoms with Gasteiger partial charge in [-0.2, -0.15) is 0 Å². The van der Waals surface area contributed by atoms with Crippen molar-refractivity contribution in [3.8, 4) is 0 Å². The van der Waals surface area contributed by atoms with E-state index in [4.69, 9.17) is 11.6 Å². The number of allylic oxidation sites excluding steroid dienone is 10. The maximum atomic E-state index is 6.01. The van der Waals surface area contributed by atoms with Crippen LogP contribution in [0.1, 0.15) is 79.2 Å². The molecule has 0 saturated carbocycles. The number of likely N-dealkylation sites (tertiary alicyclic amines) is 1. The molecule has 1 heterocycles. The van der Waals surface area contributed by atoms with E-state index in [1.165, 1.54) is 56.5 Å². The summed E-state index contributed by atoms with van der Waals surface area (Å²) in [6.07, 6.45) is 25.5. The van der Waals surface area contributed by atoms with Crippen LogP contribution in [0.25, 0.3) is 0 Å². The van der Waals surface area contributed by atoms with Crippen molar-refractivity contribution >= 4 is 11.6 Å². The summed E-state index contributed by atoms with van der Waals surface area (Å²) < 4.78 is 4.25. The Balaban J connectivity index is 0. The normalized spacial score (nSPS) is 15.6. The highest BCUT2D eigenvalue weighted by Crippen LogP contribution is 2.21. The van der Waals surface area contributed by atoms with E-state index in [1.807, 2.05) is 32.9 Å². The molecule has 37 heavy (non-hydrogen) atoms. The van der Waals surface area contributed by atoms with Crippen molar-refractivity contribution in [3.63, 3.8) is 0 Å². The number of methoxy groups -OCH3 is 1. The molecule has 1 atom stereocenters. The van der Waals surface area contributed by atoms with Gasteiger partial charge in [0.15, 0.2) is 0 Å². The van der Waals surface area contributed by atoms with Crippen LogP contribution in [-0.4, -0.2) is 38.8 Å². The highest BCUT2D eigenvalue weighted by atomic mass is 35.5. The van der Waals surface area contributed by atoms with E-state index in [1.54, 1.807) is 14.2 Å². The lowest BCUT2D eigenvalue weighted by Crippen LogP contribution is -2.20. The molecule has 1 aromatic rings. The first-order chi connectivity index (χ1) is 17.6. The summed E-state index contributed by atoms with van der Waals surface area (Å²) in [6.45, 7) is 12.2. The zero-order chi connectivity index (χ0) is 26.9. The average Bonchev–Trinajstić information content (AvgIpc) is 3.26. The lowest BCUT2D eigenvalue weighted by Gasteiger charge is -2.13. The number of hydrogen-bond acceptors (Lipinski definition) is 2. The Bertz CT molecular complexity index is 770. The summed E-state index contributed by atoms with van der Waals surface area (Å²) in [6, 6.07) is 10.8. The molecule has 1 aliphatic carbocycles. The summed E-state index contributed by atoms with van der Waals surface area (Å²) >= 11 is 6.01. The lowest BCUT2D eigenvalue weighted by molar-refractivity contribution is 0.277. The third-order valence-electron chi connectivity index (χ3n) is 5.84. The monoisotopic (exact) mass is 529 g/mol. The third kappa shape index (κ3) is 20.8. The second-order valence-electron chi connectivity index (χ2n) is 8.84. The van der Waals surface area contributed by atoms with Crippen molar-refractivity contribution in [2.24, 2.45) is 5.92 Å². The van der Waals surface area contributed by atoms with Gasteiger partial charge in [0.2, 0.25) is 0 Å². The minimum Gasteiger partial charge on any atom is -0.388 e. The van der Waals surface area contributed by atoms with Gasteiger partial charge in [-0.1, -0.05) is 113 Å². The molecule has 210 valence electrons. The van der Waals surface area contributed by atoms with Crippen molar-refractivity contribution < 1.29 is 4.74 Å². The standard InChI is InChI=1S/C16H21Cl.C13H19N.C2H6O.C2H6.CH4/c1-3-9-16(17)13-8-10-14(2)15-11-6-4-5-7-12-15;1-2-7-13(8-3-1)9-6-12-14-10-4-5-11-14;1-3-2;1-2;/h3-6,9,11-14H,7-8,10H2,1-2H3;1-3,7-8H,4-6,9-12H2;1-2H3;1-2H3;1H4/b9-3-,16-13+;;;;. The smallest absolute Gasteiger partial charge is 0.0362 e. The maximum absolute atomic E-state index is 6.01. The molecule has 0 radical (unpaired) electrons. The van der Waals surface area contributed by atoms with Crippen LogP contribution in [0.5, 0.6) is 0 Å². The first kappa shape index (κ1) is 37.3. The number of nitrogens with zero attached hydrogens (tertiary/aromatic N) is 1. The SMILES string of the molecule is C.C/C=C\C(Cl)=C/CCC(C)C1=CCC=CC=C1.CC.COC.c1ccc(CCCN2CCCC2)cc1. The van der Waals surface area contributed by atoms with Crippen molar-refractivity contribution in [2.75, 3.05) is 33.9 Å². The molecule has 1 unspecified atom stereocenters. The minimum absolute atomic E-state index is 0. The molecule has 1 fully saturated rings. The van der Waals surface area contributed by atoms with E-state index in [0.717, 1.165) is 24.3 Å². The summed E-state index contributed by atoms with van der Waals surface area (Å²) in [5.74, 6) is 0.595. The number of hydrogen-bond donors (Lipinski definition) is 0. The van der Waals surface area contributed by atoms with Gasteiger partial charge in [0.05, 0.1) is 0 Å². The van der Waals surface area contributed by atoms with E-state index >= 15 is 0 Å². The van der Waals surface area contributed by atoms with Crippen LogP contribution in [0.15, 0.2) is 89.5 Å². The van der Waals surface area contributed by atoms with E-state index in [-0.39, 0.29) is 7.43 Å². The number of ether oxygens (including phenoxy) is 1. The van der Waals surface area contributed by atoms with Gasteiger partial charge in [-0.3, -0.25) is 0 Å². The molecule has 0 spiro atoms. The Morgan fingerprint density at radius 2 is 1.73 bits per heavy atom. The van der Waals surface area contributed by atoms with Crippen molar-refractivity contribution in [1.29, 1.82) is 0 Å². The third-order valence-corrected chi connectivity index (χ3v) is 6.12. The van der Waals surface area contributed by atoms with E-state index in [9.17, 15) is 0 Å². The van der Waals surface area contributed by atoms with Crippen LogP contribution in [-0.2, 0) is 11.2 Å². The fourth-order valence-corrected chi connectivity index (χ4v) is 4.22. The minimum atomic E-state index is 0. The van der Waals surface area contributed by atoms with Gasteiger partial charge in [0.1, 0.15) is 0 Å². The zero-order valence-corrected chi connectivity index (χ0v) is 24.6. The largest absolute Gasteiger partial charge is 0.388 e. The molecule has 0 bridgehead atoms. The van der Waals surface area contributed by atoms with Crippen LogP contribution in [0.4, 0.5) is 0 Å². The summed E-state index contributed by atoms with van der Waals surface area (Å²) in [5, 5.41) is 0.840. The molecule has 3 rings (SSSR count). The Labute approximate surface area is 235 Å². The van der Waals surface area contributed by atoms with Gasteiger partial charge >= 0.3 is 0 Å². The molecular formula is C34H56ClNO. The van der Waals surface area contributed by atoms with Gasteiger partial charge in [0.25, 0.3) is 0 Å². The fraction of sp³-hybridized carbons (Fsp3) is 0.529. The van der Waals surface area contributed by atoms with Gasteiger partial charge < -0.3 is 9.64 Å². The molecule has 1 aromatic carbocycles. The number of benzene rings is 1. The number of aryl methyl sites for hydroxylation is 1. The first-order valence-electron chi connectivity index (χ1n) is 13.8. The lowest BCUT2D eigenvalue weighted by atomic mass is 9.95. The quantitative estimate of drug-likeness (QED) is 0.295. The van der Waals surface area contributed by atoms with Crippen LogP contribution >= 0.6 is 11.6 Å². The Hall–Kier alpha value is -1.87. The topological polar surface area (TPSA) is 12.5 Å². The van der Waals surface area contributed by atoms with Gasteiger partial charge in [-0.25, -0.2) is 0 Å². The summed E-state index contributed by atoms with van der Waals surface area (Å²) in [5.41, 5.74) is 2.91. The van der Waals surface area contributed by atoms with Crippen LogP contribution in [0, 0.1) is 5.92 Å². The van der Waals surface area contributed by atoms with Crippen molar-refractivity contribution in [3.05, 3.63) is 95.1 Å². The number of rotatable bonds is 9.